The van der Waals surface area contributed by atoms with Crippen LogP contribution in [0.25, 0.3) is 0 Å². The van der Waals surface area contributed by atoms with Gasteiger partial charge in [-0.05, 0) is 12.2 Å². The number of carboxylic acid groups (broad SMARTS) is 2. The highest BCUT2D eigenvalue weighted by molar-refractivity contribution is 7.80. The molecule has 0 aromatic heterocycles. The molecule has 1 amide bonds. The second-order valence-electron chi connectivity index (χ2n) is 3.23. The number of rotatable bonds is 6. The molecule has 7 nitrogen and oxygen atoms in total. The summed E-state index contributed by atoms with van der Waals surface area (Å²) in [5, 5.41) is 18.7. The number of carbonyl (C=O) groups is 3. The van der Waals surface area contributed by atoms with Crippen LogP contribution < -0.4 is 11.1 Å². The van der Waals surface area contributed by atoms with Crippen molar-refractivity contribution < 1.29 is 24.6 Å². The average Bonchev–Trinajstić information content (AvgIpc) is 2.26. The van der Waals surface area contributed by atoms with Crippen molar-refractivity contribution in [2.24, 2.45) is 5.73 Å². The van der Waals surface area contributed by atoms with Crippen molar-refractivity contribution in [1.82, 2.24) is 5.32 Å². The molecule has 0 saturated carbocycles. The normalized spacial score (nSPS) is 12.7. The van der Waals surface area contributed by atoms with Crippen LogP contribution in [0.4, 0.5) is 0 Å². The van der Waals surface area contributed by atoms with Gasteiger partial charge in [-0.2, -0.15) is 25.3 Å². The Morgan fingerprint density at radius 2 is 1.72 bits per heavy atom. The molecule has 0 rings (SSSR count). The molecule has 0 aliphatic heterocycles. The Morgan fingerprint density at radius 1 is 1.22 bits per heavy atom. The number of hydrogen-bond acceptors (Lipinski definition) is 6. The van der Waals surface area contributed by atoms with Crippen LogP contribution >= 0.6 is 25.3 Å². The minimum Gasteiger partial charge on any atom is -0.480 e. The molecule has 0 saturated heterocycles. The number of amides is 1. The molecule has 9 heteroatoms. The Labute approximate surface area is 116 Å². The molecule has 5 N–H and O–H groups in total. The van der Waals surface area contributed by atoms with Gasteiger partial charge < -0.3 is 21.3 Å². The van der Waals surface area contributed by atoms with Gasteiger partial charge >= 0.3 is 11.9 Å². The molecule has 0 heterocycles. The van der Waals surface area contributed by atoms with Gasteiger partial charge in [0, 0.05) is 12.7 Å². The van der Waals surface area contributed by atoms with E-state index in [-0.39, 0.29) is 11.7 Å². The lowest BCUT2D eigenvalue weighted by atomic mass is 10.2. The van der Waals surface area contributed by atoms with Gasteiger partial charge in [0.05, 0.1) is 0 Å². The van der Waals surface area contributed by atoms with E-state index in [1.54, 1.807) is 0 Å². The molecule has 0 aliphatic rings. The fourth-order valence-electron chi connectivity index (χ4n) is 0.693. The number of thiol groups is 2. The SMILES string of the molecule is CC(=O)NC(CS)C(=O)O.NC(CCS)C(=O)O. The van der Waals surface area contributed by atoms with E-state index in [2.05, 4.69) is 30.6 Å². The van der Waals surface area contributed by atoms with Gasteiger partial charge in [-0.3, -0.25) is 9.59 Å². The monoisotopic (exact) mass is 298 g/mol. The third kappa shape index (κ3) is 11.6. The second-order valence-corrected chi connectivity index (χ2v) is 4.04. The first kappa shape index (κ1) is 19.4. The summed E-state index contributed by atoms with van der Waals surface area (Å²) in [5.74, 6) is -1.76. The highest BCUT2D eigenvalue weighted by Crippen LogP contribution is 1.89. The van der Waals surface area contributed by atoms with Crippen molar-refractivity contribution in [2.45, 2.75) is 25.4 Å². The van der Waals surface area contributed by atoms with Gasteiger partial charge in [0.2, 0.25) is 5.91 Å². The van der Waals surface area contributed by atoms with Crippen molar-refractivity contribution in [3.8, 4) is 0 Å². The maximum atomic E-state index is 10.3. The van der Waals surface area contributed by atoms with E-state index in [1.807, 2.05) is 0 Å². The van der Waals surface area contributed by atoms with Crippen LogP contribution in [0.3, 0.4) is 0 Å². The molecule has 0 bridgehead atoms. The summed E-state index contributed by atoms with van der Waals surface area (Å²) in [6.45, 7) is 1.26. The summed E-state index contributed by atoms with van der Waals surface area (Å²) in [6, 6.07) is -1.62. The zero-order chi connectivity index (χ0) is 14.7. The Bertz CT molecular complexity index is 288. The number of nitrogens with two attached hydrogens (primary N) is 1. The molecule has 0 fully saturated rings. The van der Waals surface area contributed by atoms with E-state index in [4.69, 9.17) is 15.9 Å². The lowest BCUT2D eigenvalue weighted by molar-refractivity contribution is -0.140. The van der Waals surface area contributed by atoms with Gasteiger partial charge in [0.15, 0.2) is 0 Å². The Morgan fingerprint density at radius 3 is 1.83 bits per heavy atom. The van der Waals surface area contributed by atoms with Crippen molar-refractivity contribution in [1.29, 1.82) is 0 Å². The molecule has 0 spiro atoms. The van der Waals surface area contributed by atoms with Crippen LogP contribution in [0.1, 0.15) is 13.3 Å². The first-order chi connectivity index (χ1) is 8.26. The van der Waals surface area contributed by atoms with Crippen LogP contribution in [0.15, 0.2) is 0 Å². The number of carbonyl (C=O) groups excluding carboxylic acids is 1. The van der Waals surface area contributed by atoms with E-state index in [1.165, 1.54) is 6.92 Å². The molecule has 106 valence electrons. The van der Waals surface area contributed by atoms with E-state index in [9.17, 15) is 14.4 Å². The van der Waals surface area contributed by atoms with Gasteiger partial charge in [0.1, 0.15) is 12.1 Å². The maximum absolute atomic E-state index is 10.3. The fraction of sp³-hybridized carbons (Fsp3) is 0.667. The van der Waals surface area contributed by atoms with Crippen LogP contribution in [0.5, 0.6) is 0 Å². The Kier molecular flexibility index (Phi) is 12.1. The predicted octanol–water partition coefficient (Wildman–Crippen LogP) is -0.776. The zero-order valence-corrected chi connectivity index (χ0v) is 11.7. The number of carboxylic acids is 2. The third-order valence-electron chi connectivity index (χ3n) is 1.62. The van der Waals surface area contributed by atoms with Crippen LogP contribution in [0.2, 0.25) is 0 Å². The summed E-state index contributed by atoms with van der Waals surface area (Å²) >= 11 is 7.55. The first-order valence-electron chi connectivity index (χ1n) is 4.96. The third-order valence-corrected chi connectivity index (χ3v) is 2.24. The van der Waals surface area contributed by atoms with E-state index in [0.717, 1.165) is 0 Å². The number of aliphatic carboxylic acids is 2. The fourth-order valence-corrected chi connectivity index (χ4v) is 1.22. The summed E-state index contributed by atoms with van der Waals surface area (Å²) in [4.78, 5) is 30.4. The number of nitrogens with one attached hydrogen (secondary N) is 1. The van der Waals surface area contributed by atoms with E-state index < -0.39 is 24.0 Å². The highest BCUT2D eigenvalue weighted by atomic mass is 32.1. The van der Waals surface area contributed by atoms with Gasteiger partial charge in [-0.1, -0.05) is 0 Å². The molecule has 18 heavy (non-hydrogen) atoms. The first-order valence-corrected chi connectivity index (χ1v) is 6.22. The Hall–Kier alpha value is -0.930. The molecule has 2 unspecified atom stereocenters. The lowest BCUT2D eigenvalue weighted by Gasteiger charge is -2.08. The summed E-state index contributed by atoms with van der Waals surface area (Å²) in [5.41, 5.74) is 5.08. The van der Waals surface area contributed by atoms with Crippen LogP contribution in [-0.2, 0) is 14.4 Å². The summed E-state index contributed by atoms with van der Waals surface area (Å²) in [7, 11) is 0. The van der Waals surface area contributed by atoms with Crippen molar-refractivity contribution in [3.05, 3.63) is 0 Å². The molecular formula is C9H18N2O5S2. The standard InChI is InChI=1S/C5H9NO3S.C4H9NO2S/c1-3(7)6-4(2-10)5(8)9;5-3(1-2-8)4(6)7/h4,10H,2H2,1H3,(H,6,7)(H,8,9);3,8H,1-2,5H2,(H,6,7). The van der Waals surface area contributed by atoms with Crippen molar-refractivity contribution in [3.63, 3.8) is 0 Å². The molecule has 0 radical (unpaired) electrons. The minimum atomic E-state index is -1.06. The lowest BCUT2D eigenvalue weighted by Crippen LogP contribution is -2.40. The van der Waals surface area contributed by atoms with Crippen LogP contribution in [-0.4, -0.2) is 51.6 Å². The second kappa shape index (κ2) is 11.2. The van der Waals surface area contributed by atoms with E-state index in [0.29, 0.717) is 12.2 Å². The predicted molar refractivity (Wildman–Crippen MR) is 73.2 cm³/mol. The minimum absolute atomic E-state index is 0.106. The molecular weight excluding hydrogens is 280 g/mol. The number of hydrogen-bond donors (Lipinski definition) is 6. The largest absolute Gasteiger partial charge is 0.480 e. The summed E-state index contributed by atoms with van der Waals surface area (Å²) in [6.07, 6.45) is 0.429. The van der Waals surface area contributed by atoms with E-state index >= 15 is 0 Å². The summed E-state index contributed by atoms with van der Waals surface area (Å²) < 4.78 is 0. The molecule has 0 aromatic carbocycles. The van der Waals surface area contributed by atoms with Crippen molar-refractivity contribution in [2.75, 3.05) is 11.5 Å². The topological polar surface area (TPSA) is 130 Å². The molecule has 2 atom stereocenters. The maximum Gasteiger partial charge on any atom is 0.327 e. The zero-order valence-electron chi connectivity index (χ0n) is 9.87. The highest BCUT2D eigenvalue weighted by Gasteiger charge is 2.15. The van der Waals surface area contributed by atoms with Gasteiger partial charge in [0.25, 0.3) is 0 Å². The van der Waals surface area contributed by atoms with Crippen molar-refractivity contribution >= 4 is 43.1 Å². The van der Waals surface area contributed by atoms with Crippen LogP contribution in [0, 0.1) is 0 Å². The quantitative estimate of drug-likeness (QED) is 0.357. The van der Waals surface area contributed by atoms with Gasteiger partial charge in [-0.25, -0.2) is 4.79 Å². The average molecular weight is 298 g/mol. The Balaban J connectivity index is 0. The molecule has 0 aliphatic carbocycles. The smallest absolute Gasteiger partial charge is 0.327 e. The molecule has 0 aromatic rings. The van der Waals surface area contributed by atoms with Gasteiger partial charge in [-0.15, -0.1) is 0 Å².